The van der Waals surface area contributed by atoms with Gasteiger partial charge in [-0.3, -0.25) is 4.21 Å². The lowest BCUT2D eigenvalue weighted by Crippen LogP contribution is -1.88. The highest BCUT2D eigenvalue weighted by atomic mass is 32.2. The van der Waals surface area contributed by atoms with Gasteiger partial charge in [0.1, 0.15) is 0 Å². The Hall–Kier alpha value is 0.160. The summed E-state index contributed by atoms with van der Waals surface area (Å²) in [6.45, 7) is 0. The van der Waals surface area contributed by atoms with Crippen molar-refractivity contribution in [2.45, 2.75) is 9.79 Å². The van der Waals surface area contributed by atoms with E-state index < -0.39 is 10.8 Å². The van der Waals surface area contributed by atoms with Crippen LogP contribution in [0.25, 0.3) is 0 Å². The predicted octanol–water partition coefficient (Wildman–Crippen LogP) is 3.51. The summed E-state index contributed by atoms with van der Waals surface area (Å²) in [5, 5.41) is 0. The quantitative estimate of drug-likeness (QED) is 0.718. The molecule has 1 aromatic rings. The second kappa shape index (κ2) is 4.20. The largest absolute Gasteiger partial charge is 0.254 e. The highest BCUT2D eigenvalue weighted by Gasteiger charge is 2.26. The maximum absolute atomic E-state index is 11.7. The van der Waals surface area contributed by atoms with Crippen LogP contribution >= 0.6 is 35.3 Å². The minimum absolute atomic E-state index is 0.738. The first-order valence-electron chi connectivity index (χ1n) is 4.55. The van der Waals surface area contributed by atoms with E-state index >= 15 is 0 Å². The van der Waals surface area contributed by atoms with Gasteiger partial charge < -0.3 is 0 Å². The molecule has 1 atom stereocenters. The number of benzene rings is 1. The molecule has 0 bridgehead atoms. The van der Waals surface area contributed by atoms with Crippen LogP contribution in [-0.2, 0) is 10.8 Å². The smallest absolute Gasteiger partial charge is 0.0924 e. The van der Waals surface area contributed by atoms with Gasteiger partial charge >= 0.3 is 0 Å². The van der Waals surface area contributed by atoms with Crippen LogP contribution in [0.1, 0.15) is 0 Å². The van der Waals surface area contributed by atoms with Crippen molar-refractivity contribution in [1.29, 1.82) is 0 Å². The molecule has 0 N–H and O–H groups in total. The Kier molecular flexibility index (Phi) is 2.89. The molecule has 0 saturated carbocycles. The summed E-state index contributed by atoms with van der Waals surface area (Å²) in [7, 11) is -0.738. The van der Waals surface area contributed by atoms with Gasteiger partial charge in [0.2, 0.25) is 0 Å². The molecule has 78 valence electrons. The van der Waals surface area contributed by atoms with Crippen LogP contribution in [0.4, 0.5) is 0 Å². The van der Waals surface area contributed by atoms with E-state index in [0.29, 0.717) is 0 Å². The highest BCUT2D eigenvalue weighted by molar-refractivity contribution is 8.28. The predicted molar refractivity (Wildman–Crippen MR) is 70.6 cm³/mol. The topological polar surface area (TPSA) is 17.1 Å². The molecule has 2 aliphatic rings. The minimum Gasteiger partial charge on any atom is -0.254 e. The second-order valence-corrected chi connectivity index (χ2v) is 8.36. The van der Waals surface area contributed by atoms with Gasteiger partial charge in [-0.15, -0.1) is 11.8 Å². The fourth-order valence-electron chi connectivity index (χ4n) is 1.44. The van der Waals surface area contributed by atoms with Crippen molar-refractivity contribution in [3.8, 4) is 0 Å². The van der Waals surface area contributed by atoms with Crippen LogP contribution in [0.2, 0.25) is 0 Å². The molecule has 5 heteroatoms. The zero-order chi connectivity index (χ0) is 10.3. The SMILES string of the molecule is O=S1CCSC1=C1Sc2ccccc2S1. The fraction of sp³-hybridized carbons (Fsp3) is 0.200. The lowest BCUT2D eigenvalue weighted by molar-refractivity contribution is 0.689. The van der Waals surface area contributed by atoms with Gasteiger partial charge in [0, 0.05) is 21.3 Å². The molecule has 1 saturated heterocycles. The summed E-state index contributed by atoms with van der Waals surface area (Å²) in [5.74, 6) is 1.82. The molecule has 15 heavy (non-hydrogen) atoms. The number of rotatable bonds is 0. The van der Waals surface area contributed by atoms with Gasteiger partial charge in [-0.1, -0.05) is 35.7 Å². The molecule has 0 aliphatic carbocycles. The van der Waals surface area contributed by atoms with Crippen molar-refractivity contribution < 1.29 is 4.21 Å². The van der Waals surface area contributed by atoms with E-state index in [2.05, 4.69) is 24.3 Å². The molecule has 0 amide bonds. The van der Waals surface area contributed by atoms with Crippen molar-refractivity contribution in [2.24, 2.45) is 0 Å². The van der Waals surface area contributed by atoms with Gasteiger partial charge in [-0.05, 0) is 12.1 Å². The molecule has 0 aromatic heterocycles. The molecular formula is C10H8OS4. The molecule has 0 radical (unpaired) electrons. The molecule has 2 aliphatic heterocycles. The minimum atomic E-state index is -0.738. The van der Waals surface area contributed by atoms with E-state index in [-0.39, 0.29) is 0 Å². The number of hydrogen-bond donors (Lipinski definition) is 0. The van der Waals surface area contributed by atoms with Gasteiger partial charge in [-0.2, -0.15) is 0 Å². The lowest BCUT2D eigenvalue weighted by Gasteiger charge is -1.98. The summed E-state index contributed by atoms with van der Waals surface area (Å²) in [6, 6.07) is 8.36. The fourth-order valence-corrected chi connectivity index (χ4v) is 7.65. The third kappa shape index (κ3) is 1.90. The summed E-state index contributed by atoms with van der Waals surface area (Å²) in [5.41, 5.74) is 0. The number of fused-ring (bicyclic) bond motifs is 1. The van der Waals surface area contributed by atoms with Crippen LogP contribution in [0.3, 0.4) is 0 Å². The molecule has 2 heterocycles. The van der Waals surface area contributed by atoms with Crippen molar-refractivity contribution >= 4 is 46.1 Å². The molecule has 1 unspecified atom stereocenters. The van der Waals surface area contributed by atoms with Gasteiger partial charge in [0.25, 0.3) is 0 Å². The van der Waals surface area contributed by atoms with Crippen molar-refractivity contribution in [2.75, 3.05) is 11.5 Å². The number of hydrogen-bond acceptors (Lipinski definition) is 4. The summed E-state index contributed by atoms with van der Waals surface area (Å²) >= 11 is 5.29. The maximum atomic E-state index is 11.7. The molecule has 1 nitrogen and oxygen atoms in total. The number of thioether (sulfide) groups is 3. The van der Waals surface area contributed by atoms with Crippen LogP contribution in [-0.4, -0.2) is 15.7 Å². The molecular weight excluding hydrogens is 264 g/mol. The van der Waals surface area contributed by atoms with E-state index in [1.807, 2.05) is 0 Å². The Labute approximate surface area is 104 Å². The van der Waals surface area contributed by atoms with Crippen molar-refractivity contribution in [3.05, 3.63) is 32.7 Å². The second-order valence-electron chi connectivity index (χ2n) is 3.12. The summed E-state index contributed by atoms with van der Waals surface area (Å²) in [4.78, 5) is 2.60. The molecule has 0 spiro atoms. The zero-order valence-corrected chi connectivity index (χ0v) is 11.0. The monoisotopic (exact) mass is 272 g/mol. The van der Waals surface area contributed by atoms with Crippen LogP contribution in [0.15, 0.2) is 42.5 Å². The van der Waals surface area contributed by atoms with Crippen molar-refractivity contribution in [1.82, 2.24) is 0 Å². The molecule has 1 aromatic carbocycles. The first-order valence-corrected chi connectivity index (χ1v) is 8.48. The van der Waals surface area contributed by atoms with Crippen LogP contribution in [0, 0.1) is 0 Å². The van der Waals surface area contributed by atoms with E-state index in [1.165, 1.54) is 14.0 Å². The van der Waals surface area contributed by atoms with Crippen molar-refractivity contribution in [3.63, 3.8) is 0 Å². The average molecular weight is 272 g/mol. The standard InChI is InChI=1S/C10H8OS4/c11-15-6-5-12-10(15)9-13-7-3-1-2-4-8(7)14-9/h1-4H,5-6H2. The zero-order valence-electron chi connectivity index (χ0n) is 7.76. The molecule has 1 fully saturated rings. The van der Waals surface area contributed by atoms with E-state index in [9.17, 15) is 4.21 Å². The highest BCUT2D eigenvalue weighted by Crippen LogP contribution is 2.54. The third-order valence-electron chi connectivity index (χ3n) is 2.13. The van der Waals surface area contributed by atoms with E-state index in [4.69, 9.17) is 0 Å². The summed E-state index contributed by atoms with van der Waals surface area (Å²) in [6.07, 6.45) is 0. The Balaban J connectivity index is 1.99. The van der Waals surface area contributed by atoms with Gasteiger partial charge in [-0.25, -0.2) is 0 Å². The Bertz CT molecular complexity index is 439. The van der Waals surface area contributed by atoms with E-state index in [0.717, 1.165) is 15.7 Å². The van der Waals surface area contributed by atoms with E-state index in [1.54, 1.807) is 35.3 Å². The van der Waals surface area contributed by atoms with Crippen LogP contribution < -0.4 is 0 Å². The first-order chi connectivity index (χ1) is 7.34. The Morgan fingerprint density at radius 2 is 1.80 bits per heavy atom. The average Bonchev–Trinajstić information content (AvgIpc) is 2.82. The molecule has 3 rings (SSSR count). The Morgan fingerprint density at radius 3 is 2.33 bits per heavy atom. The third-order valence-corrected chi connectivity index (χ3v) is 8.44. The normalized spacial score (nSPS) is 24.7. The Morgan fingerprint density at radius 1 is 1.13 bits per heavy atom. The van der Waals surface area contributed by atoms with Gasteiger partial charge in [0.15, 0.2) is 0 Å². The van der Waals surface area contributed by atoms with Gasteiger partial charge in [0.05, 0.1) is 19.3 Å². The lowest BCUT2D eigenvalue weighted by atomic mass is 10.4. The summed E-state index contributed by atoms with van der Waals surface area (Å²) < 4.78 is 14.0. The maximum Gasteiger partial charge on any atom is 0.0924 e. The first kappa shape index (κ1) is 10.3. The van der Waals surface area contributed by atoms with Crippen LogP contribution in [0.5, 0.6) is 0 Å².